The number of hydrogen-bond acceptors (Lipinski definition) is 2. The molecule has 0 amide bonds. The fraction of sp³-hybridized carbons (Fsp3) is 0.364. The molecule has 0 aromatic heterocycles. The molecule has 0 heterocycles. The summed E-state index contributed by atoms with van der Waals surface area (Å²) in [5, 5.41) is 7.88. The lowest BCUT2D eigenvalue weighted by Crippen LogP contribution is -2.17. The number of rotatable bonds is 4. The van der Waals surface area contributed by atoms with Gasteiger partial charge < -0.3 is 10.5 Å². The average molecular weight is 227 g/mol. The van der Waals surface area contributed by atoms with E-state index in [0.29, 0.717) is 16.3 Å². The van der Waals surface area contributed by atoms with E-state index in [1.165, 1.54) is 0 Å². The van der Waals surface area contributed by atoms with Crippen LogP contribution in [0.3, 0.4) is 0 Å². The predicted molar refractivity (Wildman–Crippen MR) is 62.8 cm³/mol. The maximum absolute atomic E-state index is 7.43. The molecule has 1 atom stereocenters. The van der Waals surface area contributed by atoms with Gasteiger partial charge >= 0.3 is 0 Å². The van der Waals surface area contributed by atoms with Gasteiger partial charge in [0, 0.05) is 0 Å². The van der Waals surface area contributed by atoms with Gasteiger partial charge in [-0.25, -0.2) is 0 Å². The van der Waals surface area contributed by atoms with Gasteiger partial charge in [0.15, 0.2) is 0 Å². The number of nitrogens with two attached hydrogens (primary N) is 1. The number of amidine groups is 1. The van der Waals surface area contributed by atoms with Gasteiger partial charge in [0.05, 0.1) is 16.7 Å². The minimum absolute atomic E-state index is 0.0705. The average Bonchev–Trinajstić information content (AvgIpc) is 2.17. The van der Waals surface area contributed by atoms with E-state index in [-0.39, 0.29) is 11.9 Å². The summed E-state index contributed by atoms with van der Waals surface area (Å²) >= 11 is 5.95. The Kier molecular flexibility index (Phi) is 3.97. The van der Waals surface area contributed by atoms with Crippen LogP contribution < -0.4 is 10.5 Å². The summed E-state index contributed by atoms with van der Waals surface area (Å²) in [5.41, 5.74) is 5.92. The summed E-state index contributed by atoms with van der Waals surface area (Å²) in [6.07, 6.45) is 0.978. The molecule has 0 aliphatic rings. The fourth-order valence-corrected chi connectivity index (χ4v) is 1.43. The van der Waals surface area contributed by atoms with Crippen molar-refractivity contribution in [1.29, 1.82) is 5.41 Å². The molecule has 3 N–H and O–H groups in total. The van der Waals surface area contributed by atoms with Crippen LogP contribution in [0, 0.1) is 5.41 Å². The van der Waals surface area contributed by atoms with E-state index in [0.717, 1.165) is 6.42 Å². The van der Waals surface area contributed by atoms with Crippen molar-refractivity contribution in [3.8, 4) is 5.75 Å². The second kappa shape index (κ2) is 5.03. The van der Waals surface area contributed by atoms with Gasteiger partial charge in [-0.15, -0.1) is 0 Å². The first-order valence-corrected chi connectivity index (χ1v) is 5.23. The standard InChI is InChI=1S/C11H15ClN2O/c1-3-7(2)15-9-6-4-5-8(12)10(9)11(13)14/h4-7H,3H2,1-2H3,(H3,13,14). The van der Waals surface area contributed by atoms with Crippen molar-refractivity contribution in [2.45, 2.75) is 26.4 Å². The van der Waals surface area contributed by atoms with Crippen LogP contribution in [-0.2, 0) is 0 Å². The molecule has 0 spiro atoms. The Morgan fingerprint density at radius 1 is 1.60 bits per heavy atom. The van der Waals surface area contributed by atoms with Gasteiger partial charge in [0.25, 0.3) is 0 Å². The third-order valence-corrected chi connectivity index (χ3v) is 2.46. The quantitative estimate of drug-likeness (QED) is 0.613. The third-order valence-electron chi connectivity index (χ3n) is 2.15. The lowest BCUT2D eigenvalue weighted by molar-refractivity contribution is 0.217. The smallest absolute Gasteiger partial charge is 0.132 e. The highest BCUT2D eigenvalue weighted by Gasteiger charge is 2.12. The fourth-order valence-electron chi connectivity index (χ4n) is 1.16. The van der Waals surface area contributed by atoms with Gasteiger partial charge in [0.2, 0.25) is 0 Å². The van der Waals surface area contributed by atoms with E-state index in [1.807, 2.05) is 13.8 Å². The Morgan fingerprint density at radius 2 is 2.27 bits per heavy atom. The largest absolute Gasteiger partial charge is 0.490 e. The summed E-state index contributed by atoms with van der Waals surface area (Å²) < 4.78 is 5.63. The molecule has 1 aromatic carbocycles. The van der Waals surface area contributed by atoms with Crippen molar-refractivity contribution < 1.29 is 4.74 Å². The lowest BCUT2D eigenvalue weighted by atomic mass is 10.2. The summed E-state index contributed by atoms with van der Waals surface area (Å²) in [6.45, 7) is 3.99. The zero-order valence-corrected chi connectivity index (χ0v) is 9.64. The summed E-state index contributed by atoms with van der Waals surface area (Å²) in [6, 6.07) is 5.25. The molecule has 0 radical (unpaired) electrons. The van der Waals surface area contributed by atoms with E-state index in [4.69, 9.17) is 27.5 Å². The van der Waals surface area contributed by atoms with Crippen LogP contribution in [0.15, 0.2) is 18.2 Å². The van der Waals surface area contributed by atoms with Crippen molar-refractivity contribution in [2.24, 2.45) is 5.73 Å². The normalized spacial score (nSPS) is 12.2. The van der Waals surface area contributed by atoms with Gasteiger partial charge in [-0.05, 0) is 25.5 Å². The summed E-state index contributed by atoms with van der Waals surface area (Å²) in [7, 11) is 0. The molecule has 0 saturated heterocycles. The van der Waals surface area contributed by atoms with Gasteiger partial charge in [-0.1, -0.05) is 24.6 Å². The topological polar surface area (TPSA) is 59.1 Å². The molecule has 4 heteroatoms. The summed E-state index contributed by atoms with van der Waals surface area (Å²) in [5.74, 6) is 0.503. The molecule has 0 bridgehead atoms. The number of nitrogen functional groups attached to an aromatic ring is 1. The monoisotopic (exact) mass is 226 g/mol. The molecule has 0 fully saturated rings. The van der Waals surface area contributed by atoms with E-state index in [9.17, 15) is 0 Å². The Morgan fingerprint density at radius 3 is 2.80 bits per heavy atom. The number of benzene rings is 1. The highest BCUT2D eigenvalue weighted by atomic mass is 35.5. The Labute approximate surface area is 94.7 Å². The molecule has 0 aliphatic carbocycles. The SMILES string of the molecule is CCC(C)Oc1cccc(Cl)c1C(=N)N. The number of halogens is 1. The predicted octanol–water partition coefficient (Wildman–Crippen LogP) is 2.80. The van der Waals surface area contributed by atoms with Crippen molar-refractivity contribution in [2.75, 3.05) is 0 Å². The maximum atomic E-state index is 7.43. The first-order chi connectivity index (χ1) is 7.06. The third kappa shape index (κ3) is 2.86. The van der Waals surface area contributed by atoms with E-state index < -0.39 is 0 Å². The molecule has 15 heavy (non-hydrogen) atoms. The van der Waals surface area contributed by atoms with E-state index in [1.54, 1.807) is 18.2 Å². The van der Waals surface area contributed by atoms with E-state index in [2.05, 4.69) is 0 Å². The highest BCUT2D eigenvalue weighted by molar-refractivity contribution is 6.34. The minimum atomic E-state index is -0.0705. The Balaban J connectivity index is 3.06. The number of hydrogen-bond donors (Lipinski definition) is 2. The first kappa shape index (κ1) is 11.9. The van der Waals surface area contributed by atoms with Crippen LogP contribution in [-0.4, -0.2) is 11.9 Å². The molecule has 0 saturated carbocycles. The Bertz CT molecular complexity index is 366. The molecule has 0 aliphatic heterocycles. The van der Waals surface area contributed by atoms with Crippen LogP contribution >= 0.6 is 11.6 Å². The molecular weight excluding hydrogens is 212 g/mol. The van der Waals surface area contributed by atoms with Crippen LogP contribution in [0.4, 0.5) is 0 Å². The number of nitrogens with one attached hydrogen (secondary N) is 1. The van der Waals surface area contributed by atoms with Crippen LogP contribution in [0.1, 0.15) is 25.8 Å². The van der Waals surface area contributed by atoms with Crippen molar-refractivity contribution in [1.82, 2.24) is 0 Å². The molecule has 1 unspecified atom stereocenters. The first-order valence-electron chi connectivity index (χ1n) is 4.85. The molecule has 1 aromatic rings. The number of ether oxygens (including phenoxy) is 1. The van der Waals surface area contributed by atoms with Gasteiger partial charge in [0.1, 0.15) is 11.6 Å². The Hall–Kier alpha value is -1.22. The van der Waals surface area contributed by atoms with Crippen LogP contribution in [0.2, 0.25) is 5.02 Å². The van der Waals surface area contributed by atoms with Crippen LogP contribution in [0.5, 0.6) is 5.75 Å². The van der Waals surface area contributed by atoms with Crippen molar-refractivity contribution in [3.63, 3.8) is 0 Å². The second-order valence-electron chi connectivity index (χ2n) is 3.36. The van der Waals surface area contributed by atoms with Gasteiger partial charge in [-0.3, -0.25) is 5.41 Å². The highest BCUT2D eigenvalue weighted by Crippen LogP contribution is 2.26. The molecule has 82 valence electrons. The van der Waals surface area contributed by atoms with Crippen molar-refractivity contribution >= 4 is 17.4 Å². The van der Waals surface area contributed by atoms with Crippen LogP contribution in [0.25, 0.3) is 0 Å². The second-order valence-corrected chi connectivity index (χ2v) is 3.77. The molecule has 3 nitrogen and oxygen atoms in total. The zero-order chi connectivity index (χ0) is 11.4. The van der Waals surface area contributed by atoms with Crippen molar-refractivity contribution in [3.05, 3.63) is 28.8 Å². The molecular formula is C11H15ClN2O. The van der Waals surface area contributed by atoms with E-state index >= 15 is 0 Å². The molecule has 1 rings (SSSR count). The van der Waals surface area contributed by atoms with Gasteiger partial charge in [-0.2, -0.15) is 0 Å². The lowest BCUT2D eigenvalue weighted by Gasteiger charge is -2.16. The maximum Gasteiger partial charge on any atom is 0.132 e. The zero-order valence-electron chi connectivity index (χ0n) is 8.88. The minimum Gasteiger partial charge on any atom is -0.490 e. The summed E-state index contributed by atoms with van der Waals surface area (Å²) in [4.78, 5) is 0.